The van der Waals surface area contributed by atoms with Crippen LogP contribution < -0.4 is 0 Å². The molecule has 0 aliphatic rings. The third-order valence-electron chi connectivity index (χ3n) is 8.55. The lowest BCUT2D eigenvalue weighted by Crippen LogP contribution is -1.93. The Labute approximate surface area is 259 Å². The highest BCUT2D eigenvalue weighted by Gasteiger charge is 2.14. The van der Waals surface area contributed by atoms with E-state index < -0.39 is 0 Å². The van der Waals surface area contributed by atoms with Gasteiger partial charge in [-0.2, -0.15) is 0 Å². The molecule has 0 bridgehead atoms. The summed E-state index contributed by atoms with van der Waals surface area (Å²) in [5.41, 5.74) is 8.76. The molecule has 0 aliphatic carbocycles. The number of nitrogens with zero attached hydrogens (tertiary/aromatic N) is 3. The molecule has 0 radical (unpaired) electrons. The number of hydrogen-bond acceptors (Lipinski definition) is 4. The molecular formula is C41H25N3O. The third kappa shape index (κ3) is 4.43. The molecule has 0 atom stereocenters. The maximum atomic E-state index is 6.04. The van der Waals surface area contributed by atoms with E-state index in [9.17, 15) is 0 Å². The molecule has 0 amide bonds. The van der Waals surface area contributed by atoms with E-state index in [1.165, 1.54) is 16.3 Å². The Bertz CT molecular complexity index is 2420. The summed E-state index contributed by atoms with van der Waals surface area (Å²) in [4.78, 5) is 14.5. The van der Waals surface area contributed by atoms with Crippen molar-refractivity contribution in [2.24, 2.45) is 0 Å². The first-order chi connectivity index (χ1) is 22.3. The van der Waals surface area contributed by atoms with Crippen molar-refractivity contribution in [2.75, 3.05) is 0 Å². The first kappa shape index (κ1) is 25.4. The predicted molar refractivity (Wildman–Crippen MR) is 184 cm³/mol. The fraction of sp³-hybridized carbons (Fsp3) is 0. The first-order valence-electron chi connectivity index (χ1n) is 15.0. The molecule has 4 heteroatoms. The van der Waals surface area contributed by atoms with E-state index in [1.54, 1.807) is 0 Å². The molecule has 0 N–H and O–H groups in total. The highest BCUT2D eigenvalue weighted by Crippen LogP contribution is 2.37. The molecule has 0 saturated carbocycles. The molecule has 0 saturated heterocycles. The minimum Gasteiger partial charge on any atom is -0.436 e. The zero-order valence-electron chi connectivity index (χ0n) is 24.2. The number of hydrogen-bond donors (Lipinski definition) is 0. The van der Waals surface area contributed by atoms with Crippen LogP contribution >= 0.6 is 0 Å². The lowest BCUT2D eigenvalue weighted by Gasteiger charge is -2.14. The van der Waals surface area contributed by atoms with E-state index in [0.29, 0.717) is 5.89 Å². The SMILES string of the molecule is c1ccc2c(-c3cc(-c4ccc5cc(-c6nc7ccccc7o6)ccc5c4)nc(-c4cncc5ccccc45)c3)cccc2c1. The molecule has 6 aromatic carbocycles. The summed E-state index contributed by atoms with van der Waals surface area (Å²) < 4.78 is 6.04. The van der Waals surface area contributed by atoms with Gasteiger partial charge in [-0.1, -0.05) is 97.1 Å². The summed E-state index contributed by atoms with van der Waals surface area (Å²) in [5.74, 6) is 0.625. The van der Waals surface area contributed by atoms with Gasteiger partial charge in [-0.15, -0.1) is 0 Å². The van der Waals surface area contributed by atoms with E-state index in [4.69, 9.17) is 14.4 Å². The lowest BCUT2D eigenvalue weighted by atomic mass is 9.94. The van der Waals surface area contributed by atoms with E-state index in [1.807, 2.05) is 42.7 Å². The monoisotopic (exact) mass is 575 g/mol. The van der Waals surface area contributed by atoms with Crippen molar-refractivity contribution in [1.82, 2.24) is 15.0 Å². The summed E-state index contributed by atoms with van der Waals surface area (Å²) in [6.45, 7) is 0. The van der Waals surface area contributed by atoms with Crippen molar-refractivity contribution < 1.29 is 4.42 Å². The Balaban J connectivity index is 1.21. The third-order valence-corrected chi connectivity index (χ3v) is 8.55. The number of rotatable bonds is 4. The lowest BCUT2D eigenvalue weighted by molar-refractivity contribution is 0.620. The summed E-state index contributed by atoms with van der Waals surface area (Å²) in [6.07, 6.45) is 3.84. The average Bonchev–Trinajstić information content (AvgIpc) is 3.55. The minimum absolute atomic E-state index is 0.625. The molecule has 45 heavy (non-hydrogen) atoms. The van der Waals surface area contributed by atoms with Crippen LogP contribution in [0.15, 0.2) is 156 Å². The first-order valence-corrected chi connectivity index (χ1v) is 15.0. The van der Waals surface area contributed by atoms with Crippen molar-refractivity contribution >= 4 is 43.4 Å². The molecule has 3 aromatic heterocycles. The van der Waals surface area contributed by atoms with Gasteiger partial charge in [0.05, 0.1) is 11.4 Å². The summed E-state index contributed by atoms with van der Waals surface area (Å²) in [6, 6.07) is 48.5. The summed E-state index contributed by atoms with van der Waals surface area (Å²) >= 11 is 0. The van der Waals surface area contributed by atoms with Gasteiger partial charge >= 0.3 is 0 Å². The number of oxazole rings is 1. The molecule has 0 fully saturated rings. The quantitative estimate of drug-likeness (QED) is 0.209. The molecule has 3 heterocycles. The van der Waals surface area contributed by atoms with Gasteiger partial charge in [0.15, 0.2) is 5.58 Å². The van der Waals surface area contributed by atoms with Crippen molar-refractivity contribution in [3.63, 3.8) is 0 Å². The molecule has 9 rings (SSSR count). The van der Waals surface area contributed by atoms with Crippen LogP contribution in [0, 0.1) is 0 Å². The highest BCUT2D eigenvalue weighted by atomic mass is 16.3. The number of fused-ring (bicyclic) bond motifs is 4. The fourth-order valence-electron chi connectivity index (χ4n) is 6.30. The number of aromatic nitrogens is 3. The normalized spacial score (nSPS) is 11.6. The largest absolute Gasteiger partial charge is 0.436 e. The van der Waals surface area contributed by atoms with Crippen LogP contribution in [0.4, 0.5) is 0 Å². The Hall–Kier alpha value is -6.13. The van der Waals surface area contributed by atoms with Crippen LogP contribution in [0.5, 0.6) is 0 Å². The fourth-order valence-corrected chi connectivity index (χ4v) is 6.30. The van der Waals surface area contributed by atoms with Crippen LogP contribution in [-0.2, 0) is 0 Å². The van der Waals surface area contributed by atoms with E-state index in [0.717, 1.165) is 66.3 Å². The molecular weight excluding hydrogens is 550 g/mol. The predicted octanol–water partition coefficient (Wildman–Crippen LogP) is 10.7. The van der Waals surface area contributed by atoms with Crippen LogP contribution in [0.1, 0.15) is 0 Å². The van der Waals surface area contributed by atoms with Gasteiger partial charge in [-0.25, -0.2) is 9.97 Å². The smallest absolute Gasteiger partial charge is 0.227 e. The van der Waals surface area contributed by atoms with Gasteiger partial charge in [0.2, 0.25) is 5.89 Å². The highest BCUT2D eigenvalue weighted by molar-refractivity contribution is 6.00. The van der Waals surface area contributed by atoms with Gasteiger partial charge in [0, 0.05) is 34.5 Å². The maximum absolute atomic E-state index is 6.04. The van der Waals surface area contributed by atoms with Crippen molar-refractivity contribution in [3.05, 3.63) is 152 Å². The van der Waals surface area contributed by atoms with E-state index in [-0.39, 0.29) is 0 Å². The summed E-state index contributed by atoms with van der Waals surface area (Å²) in [7, 11) is 0. The zero-order valence-corrected chi connectivity index (χ0v) is 24.2. The maximum Gasteiger partial charge on any atom is 0.227 e. The second-order valence-electron chi connectivity index (χ2n) is 11.3. The standard InChI is InChI=1S/C41H25N3O/c1-3-11-33-26(8-1)10-7-13-35(33)32-22-38(43-39(23-32)36-25-42-24-31-9-2-4-12-34(31)36)29-18-16-28-21-30(19-17-27(28)20-29)41-44-37-14-5-6-15-40(37)45-41/h1-25H. The van der Waals surface area contributed by atoms with Crippen LogP contribution in [0.2, 0.25) is 0 Å². The Morgan fingerprint density at radius 2 is 1.11 bits per heavy atom. The average molecular weight is 576 g/mol. The molecule has 210 valence electrons. The van der Waals surface area contributed by atoms with Crippen LogP contribution in [0.3, 0.4) is 0 Å². The van der Waals surface area contributed by atoms with Crippen molar-refractivity contribution in [2.45, 2.75) is 0 Å². The van der Waals surface area contributed by atoms with Crippen LogP contribution in [-0.4, -0.2) is 15.0 Å². The molecule has 0 unspecified atom stereocenters. The van der Waals surface area contributed by atoms with Crippen molar-refractivity contribution in [3.8, 4) is 45.1 Å². The summed E-state index contributed by atoms with van der Waals surface area (Å²) in [5, 5.41) is 6.88. The molecule has 4 nitrogen and oxygen atoms in total. The Morgan fingerprint density at radius 3 is 1.98 bits per heavy atom. The van der Waals surface area contributed by atoms with Gasteiger partial charge in [0.25, 0.3) is 0 Å². The molecule has 0 spiro atoms. The van der Waals surface area contributed by atoms with Gasteiger partial charge in [-0.05, 0) is 80.5 Å². The Morgan fingerprint density at radius 1 is 0.422 bits per heavy atom. The molecule has 0 aliphatic heterocycles. The van der Waals surface area contributed by atoms with Gasteiger partial charge in [0.1, 0.15) is 5.52 Å². The zero-order chi connectivity index (χ0) is 29.7. The van der Waals surface area contributed by atoms with Crippen molar-refractivity contribution in [1.29, 1.82) is 0 Å². The second-order valence-corrected chi connectivity index (χ2v) is 11.3. The number of benzene rings is 6. The minimum atomic E-state index is 0.625. The van der Waals surface area contributed by atoms with Gasteiger partial charge in [-0.3, -0.25) is 4.98 Å². The molecule has 9 aromatic rings. The van der Waals surface area contributed by atoms with Crippen LogP contribution in [0.25, 0.3) is 88.5 Å². The van der Waals surface area contributed by atoms with Gasteiger partial charge < -0.3 is 4.42 Å². The number of para-hydroxylation sites is 2. The van der Waals surface area contributed by atoms with E-state index >= 15 is 0 Å². The Kier molecular flexibility index (Phi) is 5.78. The number of pyridine rings is 2. The second kappa shape index (κ2) is 10.2. The topological polar surface area (TPSA) is 51.8 Å². The van der Waals surface area contributed by atoms with E-state index in [2.05, 4.69) is 114 Å².